The number of likely N-dealkylation sites (N-methyl/N-ethyl adjacent to an activating group) is 1. The number of rotatable bonds is 13. The molecule has 0 aliphatic heterocycles. The number of ether oxygens (including phenoxy) is 2. The smallest absolute Gasteiger partial charge is 0.0593 e. The third-order valence-electron chi connectivity index (χ3n) is 2.98. The summed E-state index contributed by atoms with van der Waals surface area (Å²) in [5, 5.41) is 3.52. The summed E-state index contributed by atoms with van der Waals surface area (Å²) in [6, 6.07) is 0.568. The van der Waals surface area contributed by atoms with E-state index in [1.54, 1.807) is 0 Å². The molecule has 0 radical (unpaired) electrons. The maximum Gasteiger partial charge on any atom is 0.0593 e. The van der Waals surface area contributed by atoms with Gasteiger partial charge in [0.15, 0.2) is 0 Å². The van der Waals surface area contributed by atoms with E-state index in [2.05, 4.69) is 24.1 Å². The first-order chi connectivity index (χ1) is 8.78. The van der Waals surface area contributed by atoms with Crippen LogP contribution in [0.1, 0.15) is 34.1 Å². The topological polar surface area (TPSA) is 33.7 Å². The Labute approximate surface area is 113 Å². The van der Waals surface area contributed by atoms with E-state index in [1.807, 2.05) is 13.8 Å². The molecule has 0 rings (SSSR count). The molecule has 0 aliphatic carbocycles. The zero-order chi connectivity index (χ0) is 13.6. The minimum atomic E-state index is 0.568. The van der Waals surface area contributed by atoms with Crippen molar-refractivity contribution < 1.29 is 9.47 Å². The van der Waals surface area contributed by atoms with Crippen molar-refractivity contribution in [1.29, 1.82) is 0 Å². The van der Waals surface area contributed by atoms with E-state index in [0.29, 0.717) is 6.04 Å². The molecule has 0 aliphatic rings. The van der Waals surface area contributed by atoms with Gasteiger partial charge in [0.1, 0.15) is 0 Å². The molecule has 4 nitrogen and oxygen atoms in total. The molecule has 0 saturated carbocycles. The molecule has 4 heteroatoms. The Morgan fingerprint density at radius 3 is 1.89 bits per heavy atom. The highest BCUT2D eigenvalue weighted by molar-refractivity contribution is 4.70. The zero-order valence-electron chi connectivity index (χ0n) is 12.7. The van der Waals surface area contributed by atoms with Gasteiger partial charge in [0.25, 0.3) is 0 Å². The van der Waals surface area contributed by atoms with Gasteiger partial charge in [-0.3, -0.25) is 4.90 Å². The molecule has 110 valence electrons. The molecule has 0 aromatic carbocycles. The van der Waals surface area contributed by atoms with Crippen molar-refractivity contribution in [3.63, 3.8) is 0 Å². The lowest BCUT2D eigenvalue weighted by molar-refractivity contribution is 0.0782. The van der Waals surface area contributed by atoms with Crippen molar-refractivity contribution in [1.82, 2.24) is 10.2 Å². The third-order valence-corrected chi connectivity index (χ3v) is 2.98. The van der Waals surface area contributed by atoms with Crippen LogP contribution < -0.4 is 5.32 Å². The predicted octanol–water partition coefficient (Wildman–Crippen LogP) is 1.75. The fourth-order valence-corrected chi connectivity index (χ4v) is 1.91. The highest BCUT2D eigenvalue weighted by Crippen LogP contribution is 1.98. The lowest BCUT2D eigenvalue weighted by atomic mass is 10.2. The van der Waals surface area contributed by atoms with E-state index < -0.39 is 0 Å². The summed E-state index contributed by atoms with van der Waals surface area (Å²) in [7, 11) is 0. The average molecular weight is 260 g/mol. The summed E-state index contributed by atoms with van der Waals surface area (Å²) in [5.41, 5.74) is 0. The molecule has 18 heavy (non-hydrogen) atoms. The molecule has 0 aromatic rings. The van der Waals surface area contributed by atoms with Gasteiger partial charge in [-0.25, -0.2) is 0 Å². The van der Waals surface area contributed by atoms with Crippen molar-refractivity contribution >= 4 is 0 Å². The summed E-state index contributed by atoms with van der Waals surface area (Å²) >= 11 is 0. The normalized spacial score (nSPS) is 13.2. The van der Waals surface area contributed by atoms with Crippen LogP contribution in [-0.2, 0) is 9.47 Å². The Morgan fingerprint density at radius 2 is 1.50 bits per heavy atom. The van der Waals surface area contributed by atoms with Crippen LogP contribution in [0.5, 0.6) is 0 Å². The predicted molar refractivity (Wildman–Crippen MR) is 77.2 cm³/mol. The molecule has 1 unspecified atom stereocenters. The SMILES string of the molecule is CCNC(CC)CN(CCOCC)CCOCC. The Morgan fingerprint density at radius 1 is 0.944 bits per heavy atom. The lowest BCUT2D eigenvalue weighted by Gasteiger charge is -2.27. The molecule has 0 bridgehead atoms. The van der Waals surface area contributed by atoms with Crippen molar-refractivity contribution in [3.8, 4) is 0 Å². The molecule has 0 saturated heterocycles. The molecule has 0 spiro atoms. The second-order valence-electron chi connectivity index (χ2n) is 4.36. The van der Waals surface area contributed by atoms with E-state index in [0.717, 1.165) is 59.0 Å². The Bertz CT molecular complexity index is 158. The second kappa shape index (κ2) is 13.3. The highest BCUT2D eigenvalue weighted by Gasteiger charge is 2.11. The van der Waals surface area contributed by atoms with Crippen molar-refractivity contribution in [3.05, 3.63) is 0 Å². The van der Waals surface area contributed by atoms with Crippen LogP contribution in [0.25, 0.3) is 0 Å². The Balaban J connectivity index is 3.99. The molecule has 1 atom stereocenters. The highest BCUT2D eigenvalue weighted by atomic mass is 16.5. The Kier molecular flexibility index (Phi) is 13.2. The maximum atomic E-state index is 5.44. The summed E-state index contributed by atoms with van der Waals surface area (Å²) in [4.78, 5) is 2.43. The monoisotopic (exact) mass is 260 g/mol. The molecular weight excluding hydrogens is 228 g/mol. The number of nitrogens with one attached hydrogen (secondary N) is 1. The fourth-order valence-electron chi connectivity index (χ4n) is 1.91. The van der Waals surface area contributed by atoms with Gasteiger partial charge in [0, 0.05) is 38.9 Å². The lowest BCUT2D eigenvalue weighted by Crippen LogP contribution is -2.43. The minimum absolute atomic E-state index is 0.568. The van der Waals surface area contributed by atoms with Gasteiger partial charge >= 0.3 is 0 Å². The van der Waals surface area contributed by atoms with E-state index in [9.17, 15) is 0 Å². The number of hydrogen-bond acceptors (Lipinski definition) is 4. The molecule has 1 N–H and O–H groups in total. The van der Waals surface area contributed by atoms with E-state index in [-0.39, 0.29) is 0 Å². The first kappa shape index (κ1) is 17.8. The van der Waals surface area contributed by atoms with Crippen LogP contribution in [0.3, 0.4) is 0 Å². The van der Waals surface area contributed by atoms with Gasteiger partial charge < -0.3 is 14.8 Å². The van der Waals surface area contributed by atoms with Crippen LogP contribution in [0, 0.1) is 0 Å². The van der Waals surface area contributed by atoms with Crippen LogP contribution in [0.15, 0.2) is 0 Å². The van der Waals surface area contributed by atoms with Crippen molar-refractivity contribution in [2.24, 2.45) is 0 Å². The van der Waals surface area contributed by atoms with Crippen LogP contribution >= 0.6 is 0 Å². The average Bonchev–Trinajstić information content (AvgIpc) is 2.38. The largest absolute Gasteiger partial charge is 0.380 e. The summed E-state index contributed by atoms with van der Waals surface area (Å²) < 4.78 is 10.9. The van der Waals surface area contributed by atoms with Crippen LogP contribution in [0.4, 0.5) is 0 Å². The first-order valence-corrected chi connectivity index (χ1v) is 7.39. The molecular formula is C14H32N2O2. The van der Waals surface area contributed by atoms with Crippen molar-refractivity contribution in [2.45, 2.75) is 40.2 Å². The summed E-state index contributed by atoms with van der Waals surface area (Å²) in [6.45, 7) is 15.8. The third kappa shape index (κ3) is 9.83. The van der Waals surface area contributed by atoms with Gasteiger partial charge in [-0.15, -0.1) is 0 Å². The number of nitrogens with zero attached hydrogens (tertiary/aromatic N) is 1. The molecule has 0 heterocycles. The Hall–Kier alpha value is -0.160. The second-order valence-corrected chi connectivity index (χ2v) is 4.36. The van der Waals surface area contributed by atoms with Crippen molar-refractivity contribution in [2.75, 3.05) is 52.6 Å². The fraction of sp³-hybridized carbons (Fsp3) is 1.00. The maximum absolute atomic E-state index is 5.44. The molecule has 0 amide bonds. The van der Waals surface area contributed by atoms with E-state index in [4.69, 9.17) is 9.47 Å². The standard InChI is InChI=1S/C14H32N2O2/c1-5-14(15-6-2)13-16(9-11-17-7-3)10-12-18-8-4/h14-15H,5-13H2,1-4H3. The van der Waals surface area contributed by atoms with Gasteiger partial charge in [-0.2, -0.15) is 0 Å². The quantitative estimate of drug-likeness (QED) is 0.512. The minimum Gasteiger partial charge on any atom is -0.380 e. The van der Waals surface area contributed by atoms with Crippen LogP contribution in [-0.4, -0.2) is 63.5 Å². The van der Waals surface area contributed by atoms with Gasteiger partial charge in [-0.1, -0.05) is 13.8 Å². The van der Waals surface area contributed by atoms with Gasteiger partial charge in [0.2, 0.25) is 0 Å². The number of hydrogen-bond donors (Lipinski definition) is 1. The zero-order valence-corrected chi connectivity index (χ0v) is 12.7. The molecule has 0 fully saturated rings. The van der Waals surface area contributed by atoms with E-state index >= 15 is 0 Å². The first-order valence-electron chi connectivity index (χ1n) is 7.39. The summed E-state index contributed by atoms with van der Waals surface area (Å²) in [5.74, 6) is 0. The molecule has 0 aromatic heterocycles. The van der Waals surface area contributed by atoms with Gasteiger partial charge in [0.05, 0.1) is 13.2 Å². The summed E-state index contributed by atoms with van der Waals surface area (Å²) in [6.07, 6.45) is 1.16. The van der Waals surface area contributed by atoms with Crippen LogP contribution in [0.2, 0.25) is 0 Å². The van der Waals surface area contributed by atoms with Gasteiger partial charge in [-0.05, 0) is 26.8 Å². The van der Waals surface area contributed by atoms with E-state index in [1.165, 1.54) is 0 Å².